The van der Waals surface area contributed by atoms with Gasteiger partial charge in [-0.2, -0.15) is 0 Å². The van der Waals surface area contributed by atoms with Crippen molar-refractivity contribution >= 4 is 51.3 Å². The summed E-state index contributed by atoms with van der Waals surface area (Å²) in [5.41, 5.74) is 2.61. The topological polar surface area (TPSA) is 86.1 Å². The molecular formula is C23H28N4O3S3. The molecule has 4 rings (SSSR count). The first-order valence-electron chi connectivity index (χ1n) is 11.1. The number of amides is 1. The number of fused-ring (bicyclic) bond motifs is 1. The van der Waals surface area contributed by atoms with E-state index in [4.69, 9.17) is 4.74 Å². The van der Waals surface area contributed by atoms with Crippen LogP contribution in [0.25, 0.3) is 11.4 Å². The monoisotopic (exact) mass is 504 g/mol. The van der Waals surface area contributed by atoms with Gasteiger partial charge < -0.3 is 10.1 Å². The molecule has 10 heteroatoms. The van der Waals surface area contributed by atoms with Gasteiger partial charge in [-0.1, -0.05) is 18.7 Å². The van der Waals surface area contributed by atoms with Gasteiger partial charge in [-0.25, -0.2) is 4.79 Å². The Morgan fingerprint density at radius 1 is 1.27 bits per heavy atom. The smallest absolute Gasteiger partial charge is 0.341 e. The molecule has 3 aromatic heterocycles. The Kier molecular flexibility index (Phi) is 7.55. The van der Waals surface area contributed by atoms with Crippen molar-refractivity contribution in [1.29, 1.82) is 0 Å². The lowest BCUT2D eigenvalue weighted by Crippen LogP contribution is -2.17. The van der Waals surface area contributed by atoms with E-state index in [2.05, 4.69) is 52.3 Å². The predicted molar refractivity (Wildman–Crippen MR) is 135 cm³/mol. The van der Waals surface area contributed by atoms with E-state index in [9.17, 15) is 9.59 Å². The van der Waals surface area contributed by atoms with Gasteiger partial charge >= 0.3 is 5.97 Å². The Morgan fingerprint density at radius 3 is 2.76 bits per heavy atom. The molecule has 0 bridgehead atoms. The number of thiophene rings is 2. The van der Waals surface area contributed by atoms with Crippen LogP contribution in [0.2, 0.25) is 0 Å². The highest BCUT2D eigenvalue weighted by Crippen LogP contribution is 2.39. The second-order valence-electron chi connectivity index (χ2n) is 8.17. The van der Waals surface area contributed by atoms with Crippen LogP contribution in [-0.4, -0.2) is 39.5 Å². The fraction of sp³-hybridized carbons (Fsp3) is 0.478. The lowest BCUT2D eigenvalue weighted by molar-refractivity contribution is -0.113. The van der Waals surface area contributed by atoms with Gasteiger partial charge in [-0.3, -0.25) is 9.36 Å². The second-order valence-corrected chi connectivity index (χ2v) is 11.2. The molecule has 33 heavy (non-hydrogen) atoms. The minimum atomic E-state index is -0.385. The van der Waals surface area contributed by atoms with Crippen molar-refractivity contribution in [2.75, 3.05) is 18.2 Å². The average molecular weight is 505 g/mol. The third-order valence-corrected chi connectivity index (χ3v) is 8.82. The maximum Gasteiger partial charge on any atom is 0.341 e. The van der Waals surface area contributed by atoms with Crippen molar-refractivity contribution in [2.45, 2.75) is 64.1 Å². The van der Waals surface area contributed by atoms with Crippen LogP contribution in [-0.2, 0) is 28.8 Å². The molecule has 0 saturated carbocycles. The number of rotatable bonds is 8. The number of anilines is 1. The molecule has 0 aromatic carbocycles. The summed E-state index contributed by atoms with van der Waals surface area (Å²) in [5, 5.41) is 15.1. The molecule has 0 radical (unpaired) electrons. The van der Waals surface area contributed by atoms with E-state index in [1.54, 1.807) is 11.3 Å². The summed E-state index contributed by atoms with van der Waals surface area (Å²) >= 11 is 4.57. The van der Waals surface area contributed by atoms with E-state index >= 15 is 0 Å². The SMILES string of the molecule is CCc1cc(-c2nnc(SCC(=O)Nc3sc4c(c3C(=O)OC)CCCC4)n2C(C)C)cs1. The maximum absolute atomic E-state index is 12.8. The summed E-state index contributed by atoms with van der Waals surface area (Å²) in [6.45, 7) is 6.31. The Hall–Kier alpha value is -2.17. The van der Waals surface area contributed by atoms with E-state index in [-0.39, 0.29) is 23.7 Å². The highest BCUT2D eigenvalue weighted by molar-refractivity contribution is 7.99. The number of esters is 1. The first-order chi connectivity index (χ1) is 15.9. The standard InChI is InChI=1S/C23H28N4O3S3/c1-5-15-10-14(11-31-15)20-25-26-23(27(20)13(2)3)32-12-18(28)24-21-19(22(29)30-4)16-8-6-7-9-17(16)33-21/h10-11,13H,5-9,12H2,1-4H3,(H,24,28). The predicted octanol–water partition coefficient (Wildman–Crippen LogP) is 5.61. The molecule has 0 spiro atoms. The van der Waals surface area contributed by atoms with Crippen LogP contribution in [0.5, 0.6) is 0 Å². The molecule has 0 unspecified atom stereocenters. The van der Waals surface area contributed by atoms with Crippen LogP contribution >= 0.6 is 34.4 Å². The number of methoxy groups -OCH3 is 1. The fourth-order valence-corrected chi connectivity index (χ4v) is 6.96. The van der Waals surface area contributed by atoms with Crippen molar-refractivity contribution in [2.24, 2.45) is 0 Å². The first-order valence-corrected chi connectivity index (χ1v) is 13.8. The van der Waals surface area contributed by atoms with Gasteiger partial charge in [0, 0.05) is 26.7 Å². The largest absolute Gasteiger partial charge is 0.465 e. The highest BCUT2D eigenvalue weighted by atomic mass is 32.2. The van der Waals surface area contributed by atoms with Gasteiger partial charge in [0.2, 0.25) is 5.91 Å². The molecular weight excluding hydrogens is 476 g/mol. The molecule has 0 aliphatic heterocycles. The number of hydrogen-bond acceptors (Lipinski definition) is 8. The van der Waals surface area contributed by atoms with Crippen LogP contribution in [0, 0.1) is 0 Å². The Morgan fingerprint density at radius 2 is 2.06 bits per heavy atom. The Balaban J connectivity index is 1.50. The zero-order valence-corrected chi connectivity index (χ0v) is 21.7. The van der Waals surface area contributed by atoms with Crippen LogP contribution in [0.1, 0.15) is 65.3 Å². The van der Waals surface area contributed by atoms with Crippen LogP contribution in [0.4, 0.5) is 5.00 Å². The molecule has 1 aliphatic carbocycles. The van der Waals surface area contributed by atoms with E-state index in [1.165, 1.54) is 40.0 Å². The van der Waals surface area contributed by atoms with Gasteiger partial charge in [0.05, 0.1) is 18.4 Å². The number of carbonyl (C=O) groups is 2. The normalized spacial score (nSPS) is 13.2. The van der Waals surface area contributed by atoms with E-state index in [1.807, 2.05) is 0 Å². The minimum Gasteiger partial charge on any atom is -0.465 e. The zero-order valence-electron chi connectivity index (χ0n) is 19.3. The second kappa shape index (κ2) is 10.4. The molecule has 1 N–H and O–H groups in total. The molecule has 3 aromatic rings. The van der Waals surface area contributed by atoms with Gasteiger partial charge in [-0.05, 0) is 57.6 Å². The minimum absolute atomic E-state index is 0.153. The molecule has 0 fully saturated rings. The third-order valence-electron chi connectivity index (χ3n) is 5.59. The lowest BCUT2D eigenvalue weighted by atomic mass is 9.95. The number of aromatic nitrogens is 3. The van der Waals surface area contributed by atoms with Crippen molar-refractivity contribution in [3.63, 3.8) is 0 Å². The van der Waals surface area contributed by atoms with E-state index < -0.39 is 0 Å². The van der Waals surface area contributed by atoms with E-state index in [0.29, 0.717) is 15.7 Å². The van der Waals surface area contributed by atoms with Gasteiger partial charge in [0.15, 0.2) is 11.0 Å². The number of nitrogens with zero attached hydrogens (tertiary/aromatic N) is 3. The van der Waals surface area contributed by atoms with Crippen LogP contribution in [0.15, 0.2) is 16.6 Å². The molecule has 1 amide bonds. The molecule has 7 nitrogen and oxygen atoms in total. The zero-order chi connectivity index (χ0) is 23.5. The molecule has 3 heterocycles. The summed E-state index contributed by atoms with van der Waals surface area (Å²) in [7, 11) is 1.38. The quantitative estimate of drug-likeness (QED) is 0.317. The molecule has 0 saturated heterocycles. The number of thioether (sulfide) groups is 1. The Labute approximate surface area is 206 Å². The lowest BCUT2D eigenvalue weighted by Gasteiger charge is -2.13. The van der Waals surface area contributed by atoms with Crippen LogP contribution < -0.4 is 5.32 Å². The van der Waals surface area contributed by atoms with Crippen molar-refractivity contribution in [3.8, 4) is 11.4 Å². The number of carbonyl (C=O) groups excluding carboxylic acids is 2. The van der Waals surface area contributed by atoms with E-state index in [0.717, 1.165) is 49.1 Å². The van der Waals surface area contributed by atoms with Gasteiger partial charge in [0.25, 0.3) is 0 Å². The summed E-state index contributed by atoms with van der Waals surface area (Å²) in [6.07, 6.45) is 4.94. The summed E-state index contributed by atoms with van der Waals surface area (Å²) in [5.74, 6) is 0.441. The molecule has 1 aliphatic rings. The summed E-state index contributed by atoms with van der Waals surface area (Å²) < 4.78 is 7.07. The van der Waals surface area contributed by atoms with Crippen molar-refractivity contribution < 1.29 is 14.3 Å². The van der Waals surface area contributed by atoms with Gasteiger partial charge in [0.1, 0.15) is 5.00 Å². The molecule has 176 valence electrons. The first kappa shape index (κ1) is 24.0. The average Bonchev–Trinajstić information content (AvgIpc) is 3.52. The third kappa shape index (κ3) is 5.02. The number of hydrogen-bond donors (Lipinski definition) is 1. The fourth-order valence-electron chi connectivity index (χ4n) is 3.99. The number of ether oxygens (including phenoxy) is 1. The Bertz CT molecular complexity index is 1160. The highest BCUT2D eigenvalue weighted by Gasteiger charge is 2.27. The number of nitrogens with one attached hydrogen (secondary N) is 1. The summed E-state index contributed by atoms with van der Waals surface area (Å²) in [4.78, 5) is 27.7. The molecule has 0 atom stereocenters. The van der Waals surface area contributed by atoms with Crippen molar-refractivity contribution in [1.82, 2.24) is 14.8 Å². The summed E-state index contributed by atoms with van der Waals surface area (Å²) in [6, 6.07) is 2.31. The number of aryl methyl sites for hydroxylation is 2. The van der Waals surface area contributed by atoms with Crippen molar-refractivity contribution in [3.05, 3.63) is 32.3 Å². The van der Waals surface area contributed by atoms with Crippen LogP contribution in [0.3, 0.4) is 0 Å². The maximum atomic E-state index is 12.8. The van der Waals surface area contributed by atoms with Gasteiger partial charge in [-0.15, -0.1) is 32.9 Å².